The quantitative estimate of drug-likeness (QED) is 0.764. The molecule has 0 heterocycles. The Labute approximate surface area is 98.6 Å². The zero-order chi connectivity index (χ0) is 11.5. The Hall–Kier alpha value is -1.54. The van der Waals surface area contributed by atoms with Gasteiger partial charge in [-0.15, -0.1) is 0 Å². The van der Waals surface area contributed by atoms with Crippen LogP contribution in [0.3, 0.4) is 0 Å². The monoisotopic (exact) mass is 228 g/mol. The van der Waals surface area contributed by atoms with Crippen molar-refractivity contribution in [2.75, 3.05) is 0 Å². The number of hydrogen-bond acceptors (Lipinski definition) is 1. The lowest BCUT2D eigenvalue weighted by molar-refractivity contribution is 0.476. The van der Waals surface area contributed by atoms with E-state index in [4.69, 9.17) is 0 Å². The van der Waals surface area contributed by atoms with Gasteiger partial charge in [-0.2, -0.15) is 0 Å². The summed E-state index contributed by atoms with van der Waals surface area (Å²) in [6.45, 7) is 4.33. The van der Waals surface area contributed by atoms with Crippen LogP contribution in [0.1, 0.15) is 11.1 Å². The SMILES string of the molecule is Cc1cccc([SiH2]c2cccc(O)c2)c1C. The van der Waals surface area contributed by atoms with Crippen molar-refractivity contribution in [2.24, 2.45) is 0 Å². The van der Waals surface area contributed by atoms with Crippen molar-refractivity contribution >= 4 is 19.9 Å². The number of rotatable bonds is 2. The molecule has 0 aliphatic rings. The Morgan fingerprint density at radius 3 is 2.50 bits per heavy atom. The number of phenolic OH excluding ortho intramolecular Hbond substituents is 1. The fourth-order valence-electron chi connectivity index (χ4n) is 1.89. The summed E-state index contributed by atoms with van der Waals surface area (Å²) < 4.78 is 0. The molecule has 0 saturated heterocycles. The Morgan fingerprint density at radius 2 is 1.75 bits per heavy atom. The molecule has 0 saturated carbocycles. The normalized spacial score (nSPS) is 11.1. The maximum atomic E-state index is 9.44. The van der Waals surface area contributed by atoms with E-state index in [1.165, 1.54) is 21.5 Å². The molecule has 2 heteroatoms. The molecule has 1 N–H and O–H groups in total. The fraction of sp³-hybridized carbons (Fsp3) is 0.143. The molecular formula is C14H16OSi. The van der Waals surface area contributed by atoms with E-state index in [2.05, 4.69) is 38.1 Å². The minimum atomic E-state index is -0.466. The highest BCUT2D eigenvalue weighted by atomic mass is 28.2. The van der Waals surface area contributed by atoms with Crippen LogP contribution in [0.4, 0.5) is 0 Å². The number of aromatic hydroxyl groups is 1. The van der Waals surface area contributed by atoms with Crippen molar-refractivity contribution in [3.05, 3.63) is 53.6 Å². The van der Waals surface area contributed by atoms with Gasteiger partial charge in [-0.25, -0.2) is 0 Å². The summed E-state index contributed by atoms with van der Waals surface area (Å²) in [6.07, 6.45) is 0. The lowest BCUT2D eigenvalue weighted by Crippen LogP contribution is -2.29. The van der Waals surface area contributed by atoms with Gasteiger partial charge in [-0.05, 0) is 37.1 Å². The van der Waals surface area contributed by atoms with Crippen molar-refractivity contribution in [2.45, 2.75) is 13.8 Å². The smallest absolute Gasteiger partial charge is 0.115 e. The van der Waals surface area contributed by atoms with Gasteiger partial charge in [0.1, 0.15) is 5.75 Å². The fourth-order valence-corrected chi connectivity index (χ4v) is 3.69. The second-order valence-corrected chi connectivity index (χ2v) is 6.14. The Bertz CT molecular complexity index is 506. The summed E-state index contributed by atoms with van der Waals surface area (Å²) in [6, 6.07) is 14.1. The third-order valence-electron chi connectivity index (χ3n) is 3.02. The minimum absolute atomic E-state index is 0.371. The zero-order valence-electron chi connectivity index (χ0n) is 9.70. The molecule has 0 aliphatic heterocycles. The zero-order valence-corrected chi connectivity index (χ0v) is 11.1. The molecule has 0 amide bonds. The molecule has 2 aromatic rings. The van der Waals surface area contributed by atoms with Crippen molar-refractivity contribution in [3.8, 4) is 5.75 Å². The Balaban J connectivity index is 2.31. The van der Waals surface area contributed by atoms with Crippen LogP contribution in [0.2, 0.25) is 0 Å². The lowest BCUT2D eigenvalue weighted by Gasteiger charge is -2.08. The van der Waals surface area contributed by atoms with E-state index in [-0.39, 0.29) is 0 Å². The number of benzene rings is 2. The largest absolute Gasteiger partial charge is 0.508 e. The predicted molar refractivity (Wildman–Crippen MR) is 71.8 cm³/mol. The molecule has 0 bridgehead atoms. The molecule has 0 aromatic heterocycles. The summed E-state index contributed by atoms with van der Waals surface area (Å²) in [5.41, 5.74) is 2.75. The molecule has 1 nitrogen and oxygen atoms in total. The molecule has 0 fully saturated rings. The van der Waals surface area contributed by atoms with Crippen LogP contribution in [0, 0.1) is 13.8 Å². The van der Waals surface area contributed by atoms with Gasteiger partial charge in [-0.1, -0.05) is 40.7 Å². The first-order chi connectivity index (χ1) is 7.66. The van der Waals surface area contributed by atoms with Crippen LogP contribution < -0.4 is 10.4 Å². The summed E-state index contributed by atoms with van der Waals surface area (Å²) in [4.78, 5) is 0. The molecule has 82 valence electrons. The first-order valence-corrected chi connectivity index (χ1v) is 6.91. The van der Waals surface area contributed by atoms with Crippen molar-refractivity contribution < 1.29 is 5.11 Å². The summed E-state index contributed by atoms with van der Waals surface area (Å²) in [5, 5.41) is 12.2. The average molecular weight is 228 g/mol. The molecule has 0 unspecified atom stereocenters. The summed E-state index contributed by atoms with van der Waals surface area (Å²) in [5.74, 6) is 0.371. The second-order valence-electron chi connectivity index (χ2n) is 4.21. The lowest BCUT2D eigenvalue weighted by atomic mass is 10.1. The van der Waals surface area contributed by atoms with Gasteiger partial charge >= 0.3 is 0 Å². The van der Waals surface area contributed by atoms with Gasteiger partial charge in [0.2, 0.25) is 0 Å². The molecule has 0 spiro atoms. The first-order valence-electron chi connectivity index (χ1n) is 5.50. The van der Waals surface area contributed by atoms with E-state index in [0.29, 0.717) is 5.75 Å². The minimum Gasteiger partial charge on any atom is -0.508 e. The van der Waals surface area contributed by atoms with Gasteiger partial charge in [0.15, 0.2) is 0 Å². The van der Waals surface area contributed by atoms with E-state index in [9.17, 15) is 5.11 Å². The van der Waals surface area contributed by atoms with Crippen LogP contribution in [-0.2, 0) is 0 Å². The highest BCUT2D eigenvalue weighted by Gasteiger charge is 2.03. The molecule has 2 rings (SSSR count). The van der Waals surface area contributed by atoms with Crippen LogP contribution in [0.15, 0.2) is 42.5 Å². The number of aryl methyl sites for hydroxylation is 1. The predicted octanol–water partition coefficient (Wildman–Crippen LogP) is 1.13. The van der Waals surface area contributed by atoms with Crippen molar-refractivity contribution in [1.29, 1.82) is 0 Å². The van der Waals surface area contributed by atoms with Crippen molar-refractivity contribution in [3.63, 3.8) is 0 Å². The van der Waals surface area contributed by atoms with Crippen molar-refractivity contribution in [1.82, 2.24) is 0 Å². The van der Waals surface area contributed by atoms with E-state index in [1.807, 2.05) is 12.1 Å². The molecule has 2 aromatic carbocycles. The van der Waals surface area contributed by atoms with Gasteiger partial charge < -0.3 is 5.11 Å². The molecular weight excluding hydrogens is 212 g/mol. The molecule has 0 aliphatic carbocycles. The van der Waals surface area contributed by atoms with Gasteiger partial charge in [0, 0.05) is 0 Å². The topological polar surface area (TPSA) is 20.2 Å². The molecule has 0 atom stereocenters. The number of phenols is 1. The second kappa shape index (κ2) is 4.54. The highest BCUT2D eigenvalue weighted by Crippen LogP contribution is 2.04. The maximum Gasteiger partial charge on any atom is 0.115 e. The van der Waals surface area contributed by atoms with Crippen LogP contribution in [0.5, 0.6) is 5.75 Å². The van der Waals surface area contributed by atoms with Gasteiger partial charge in [0.25, 0.3) is 0 Å². The summed E-state index contributed by atoms with van der Waals surface area (Å²) >= 11 is 0. The first kappa shape index (κ1) is 11.0. The Kier molecular flexibility index (Phi) is 3.11. The Morgan fingerprint density at radius 1 is 1.00 bits per heavy atom. The van der Waals surface area contributed by atoms with E-state index >= 15 is 0 Å². The van der Waals surface area contributed by atoms with Gasteiger partial charge in [-0.3, -0.25) is 0 Å². The van der Waals surface area contributed by atoms with E-state index in [0.717, 1.165) is 0 Å². The summed E-state index contributed by atoms with van der Waals surface area (Å²) in [7, 11) is -0.466. The van der Waals surface area contributed by atoms with E-state index < -0.39 is 9.52 Å². The maximum absolute atomic E-state index is 9.44. The van der Waals surface area contributed by atoms with E-state index in [1.54, 1.807) is 6.07 Å². The molecule has 16 heavy (non-hydrogen) atoms. The highest BCUT2D eigenvalue weighted by molar-refractivity contribution is 6.67. The molecule has 0 radical (unpaired) electrons. The average Bonchev–Trinajstić information content (AvgIpc) is 2.25. The van der Waals surface area contributed by atoms with Crippen LogP contribution >= 0.6 is 0 Å². The van der Waals surface area contributed by atoms with Gasteiger partial charge in [0.05, 0.1) is 9.52 Å². The van der Waals surface area contributed by atoms with Crippen LogP contribution in [0.25, 0.3) is 0 Å². The van der Waals surface area contributed by atoms with Crippen LogP contribution in [-0.4, -0.2) is 14.6 Å². The standard InChI is InChI=1S/C14H16OSi/c1-10-5-3-8-14(11(10)2)16-13-7-4-6-12(15)9-13/h3-9,15H,16H2,1-2H3. The third kappa shape index (κ3) is 2.34. The number of hydrogen-bond donors (Lipinski definition) is 1. The third-order valence-corrected chi connectivity index (χ3v) is 5.02.